The quantitative estimate of drug-likeness (QED) is 0.230. The summed E-state index contributed by atoms with van der Waals surface area (Å²) in [4.78, 5) is 27.5. The van der Waals surface area contributed by atoms with Crippen molar-refractivity contribution in [2.75, 3.05) is 32.1 Å². The van der Waals surface area contributed by atoms with Crippen LogP contribution in [0.1, 0.15) is 51.0 Å². The maximum absolute atomic E-state index is 13.1. The summed E-state index contributed by atoms with van der Waals surface area (Å²) in [5.74, 6) is 0.675. The van der Waals surface area contributed by atoms with E-state index in [1.165, 1.54) is 24.2 Å². The second-order valence-corrected chi connectivity index (χ2v) is 10.4. The summed E-state index contributed by atoms with van der Waals surface area (Å²) in [7, 11) is 0. The van der Waals surface area contributed by atoms with Crippen LogP contribution in [-0.4, -0.2) is 66.2 Å². The summed E-state index contributed by atoms with van der Waals surface area (Å²) in [6.45, 7) is 3.71. The zero-order chi connectivity index (χ0) is 26.3. The molecule has 0 heterocycles. The Hall–Kier alpha value is -2.71. The number of urea groups is 1. The molecule has 2 N–H and O–H groups in total. The topological polar surface area (TPSA) is 88.1 Å². The number of amides is 2. The van der Waals surface area contributed by atoms with Crippen LogP contribution in [0.5, 0.6) is 5.75 Å². The first-order valence-corrected chi connectivity index (χ1v) is 14.3. The van der Waals surface area contributed by atoms with E-state index in [2.05, 4.69) is 17.4 Å². The Kier molecular flexibility index (Phi) is 12.6. The zero-order valence-electron chi connectivity index (χ0n) is 21.8. The van der Waals surface area contributed by atoms with Gasteiger partial charge in [-0.25, -0.2) is 9.59 Å². The first kappa shape index (κ1) is 28.9. The maximum Gasteiger partial charge on any atom is 0.333 e. The highest BCUT2D eigenvalue weighted by Gasteiger charge is 2.20. The fraction of sp³-hybridized carbons (Fsp3) is 0.517. The van der Waals surface area contributed by atoms with Gasteiger partial charge in [-0.1, -0.05) is 49.6 Å². The first-order valence-electron chi connectivity index (χ1n) is 13.3. The van der Waals surface area contributed by atoms with E-state index in [0.29, 0.717) is 38.5 Å². The highest BCUT2D eigenvalue weighted by atomic mass is 32.2. The van der Waals surface area contributed by atoms with Crippen molar-refractivity contribution in [3.05, 3.63) is 60.2 Å². The lowest BCUT2D eigenvalue weighted by Crippen LogP contribution is -2.47. The molecule has 2 aromatic carbocycles. The van der Waals surface area contributed by atoms with E-state index in [1.54, 1.807) is 18.7 Å². The van der Waals surface area contributed by atoms with Crippen LogP contribution in [0.4, 0.5) is 4.79 Å². The number of carboxylic acids is 1. The summed E-state index contributed by atoms with van der Waals surface area (Å²) in [6, 6.07) is 18.0. The molecule has 1 saturated carbocycles. The number of thioether (sulfide) groups is 1. The highest BCUT2D eigenvalue weighted by molar-refractivity contribution is 7.99. The molecule has 0 aliphatic heterocycles. The molecule has 1 aliphatic rings. The molecule has 1 fully saturated rings. The van der Waals surface area contributed by atoms with E-state index in [1.807, 2.05) is 47.4 Å². The van der Waals surface area contributed by atoms with Gasteiger partial charge in [0.2, 0.25) is 0 Å². The van der Waals surface area contributed by atoms with Crippen molar-refractivity contribution in [3.63, 3.8) is 0 Å². The Morgan fingerprint density at radius 1 is 1.05 bits per heavy atom. The number of carbonyl (C=O) groups is 2. The van der Waals surface area contributed by atoms with E-state index >= 15 is 0 Å². The number of nitrogens with one attached hydrogen (secondary N) is 1. The number of carbonyl (C=O) groups excluding carboxylic acids is 1. The smallest absolute Gasteiger partial charge is 0.333 e. The number of nitrogens with zero attached hydrogens (tertiary/aromatic N) is 1. The van der Waals surface area contributed by atoms with Gasteiger partial charge in [-0.15, -0.1) is 11.8 Å². The van der Waals surface area contributed by atoms with Gasteiger partial charge in [-0.3, -0.25) is 0 Å². The van der Waals surface area contributed by atoms with E-state index < -0.39 is 12.1 Å². The third kappa shape index (κ3) is 10.7. The third-order valence-corrected chi connectivity index (χ3v) is 7.52. The number of aliphatic carboxylic acids is 1. The molecule has 202 valence electrons. The second-order valence-electron chi connectivity index (χ2n) is 9.27. The monoisotopic (exact) mass is 528 g/mol. The fourth-order valence-corrected chi connectivity index (χ4v) is 5.28. The molecule has 8 heteroatoms. The second kappa shape index (κ2) is 16.2. The molecule has 2 amide bonds. The Labute approximate surface area is 224 Å². The number of benzene rings is 2. The zero-order valence-corrected chi connectivity index (χ0v) is 22.6. The molecule has 7 nitrogen and oxygen atoms in total. The molecule has 1 unspecified atom stereocenters. The third-order valence-electron chi connectivity index (χ3n) is 6.42. The molecule has 0 saturated heterocycles. The summed E-state index contributed by atoms with van der Waals surface area (Å²) >= 11 is 1.81. The van der Waals surface area contributed by atoms with Crippen molar-refractivity contribution >= 4 is 23.8 Å². The van der Waals surface area contributed by atoms with Crippen LogP contribution in [0.15, 0.2) is 59.5 Å². The first-order chi connectivity index (χ1) is 18.0. The van der Waals surface area contributed by atoms with Gasteiger partial charge in [0.1, 0.15) is 12.4 Å². The predicted molar refractivity (Wildman–Crippen MR) is 147 cm³/mol. The van der Waals surface area contributed by atoms with Crippen molar-refractivity contribution in [1.82, 2.24) is 10.2 Å². The number of rotatable bonds is 15. The molecular formula is C29H40N2O5S. The van der Waals surface area contributed by atoms with Crippen LogP contribution in [0, 0.1) is 0 Å². The molecule has 1 atom stereocenters. The Bertz CT molecular complexity index is 935. The SMILES string of the molecule is CCOC(Cc1ccc(OCCN(CCCSc2ccccc2)C(=O)NC2CCCCC2)cc1)C(=O)O. The van der Waals surface area contributed by atoms with Crippen molar-refractivity contribution in [3.8, 4) is 5.75 Å². The molecule has 0 spiro atoms. The summed E-state index contributed by atoms with van der Waals surface area (Å²) < 4.78 is 11.2. The lowest BCUT2D eigenvalue weighted by Gasteiger charge is -2.28. The molecule has 0 bridgehead atoms. The number of hydrogen-bond donors (Lipinski definition) is 2. The Morgan fingerprint density at radius 2 is 1.78 bits per heavy atom. The van der Waals surface area contributed by atoms with Gasteiger partial charge < -0.3 is 24.8 Å². The van der Waals surface area contributed by atoms with Gasteiger partial charge in [-0.2, -0.15) is 0 Å². The van der Waals surface area contributed by atoms with E-state index in [-0.39, 0.29) is 12.1 Å². The lowest BCUT2D eigenvalue weighted by molar-refractivity contribution is -0.149. The van der Waals surface area contributed by atoms with Crippen LogP contribution >= 0.6 is 11.8 Å². The molecule has 3 rings (SSSR count). The van der Waals surface area contributed by atoms with Crippen LogP contribution in [0.25, 0.3) is 0 Å². The van der Waals surface area contributed by atoms with Gasteiger partial charge in [0.25, 0.3) is 0 Å². The molecular weight excluding hydrogens is 488 g/mol. The standard InChI is InChI=1S/C29H40N2O5S/c1-2-35-27(28(32)33)22-23-14-16-25(17-15-23)36-20-19-31(29(34)30-24-10-5-3-6-11-24)18-9-21-37-26-12-7-4-8-13-26/h4,7-8,12-17,24,27H,2-3,5-6,9-11,18-22H2,1H3,(H,30,34)(H,32,33). The maximum atomic E-state index is 13.1. The lowest BCUT2D eigenvalue weighted by atomic mass is 9.96. The Balaban J connectivity index is 1.48. The predicted octanol–water partition coefficient (Wildman–Crippen LogP) is 5.62. The van der Waals surface area contributed by atoms with Gasteiger partial charge >= 0.3 is 12.0 Å². The van der Waals surface area contributed by atoms with Crippen molar-refractivity contribution in [2.24, 2.45) is 0 Å². The molecule has 0 radical (unpaired) electrons. The van der Waals surface area contributed by atoms with Gasteiger partial charge in [-0.05, 0) is 61.8 Å². The number of hydrogen-bond acceptors (Lipinski definition) is 5. The van der Waals surface area contributed by atoms with Crippen LogP contribution in [-0.2, 0) is 16.0 Å². The van der Waals surface area contributed by atoms with E-state index in [9.17, 15) is 14.7 Å². The normalized spacial score (nSPS) is 14.6. The van der Waals surface area contributed by atoms with Crippen molar-refractivity contribution in [1.29, 1.82) is 0 Å². The average Bonchev–Trinajstić information content (AvgIpc) is 2.91. The van der Waals surface area contributed by atoms with Gasteiger partial charge in [0.15, 0.2) is 6.10 Å². The largest absolute Gasteiger partial charge is 0.492 e. The van der Waals surface area contributed by atoms with Gasteiger partial charge in [0.05, 0.1) is 6.54 Å². The number of ether oxygens (including phenoxy) is 2. The summed E-state index contributed by atoms with van der Waals surface area (Å²) in [6.07, 6.45) is 6.06. The average molecular weight is 529 g/mol. The van der Waals surface area contributed by atoms with Crippen LogP contribution in [0.3, 0.4) is 0 Å². The minimum absolute atomic E-state index is 0.00815. The Morgan fingerprint density at radius 3 is 2.46 bits per heavy atom. The highest BCUT2D eigenvalue weighted by Crippen LogP contribution is 2.20. The molecule has 37 heavy (non-hydrogen) atoms. The van der Waals surface area contributed by atoms with E-state index in [0.717, 1.165) is 30.6 Å². The van der Waals surface area contributed by atoms with E-state index in [4.69, 9.17) is 9.47 Å². The molecule has 0 aromatic heterocycles. The fourth-order valence-electron chi connectivity index (χ4n) is 4.42. The van der Waals surface area contributed by atoms with Gasteiger partial charge in [0, 0.05) is 30.5 Å². The summed E-state index contributed by atoms with van der Waals surface area (Å²) in [5.41, 5.74) is 0.873. The van der Waals surface area contributed by atoms with Crippen LogP contribution in [0.2, 0.25) is 0 Å². The minimum atomic E-state index is -0.962. The molecule has 2 aromatic rings. The minimum Gasteiger partial charge on any atom is -0.492 e. The van der Waals surface area contributed by atoms with Crippen molar-refractivity contribution in [2.45, 2.75) is 68.9 Å². The number of carboxylic acid groups (broad SMARTS) is 1. The van der Waals surface area contributed by atoms with Crippen LogP contribution < -0.4 is 10.1 Å². The summed E-state index contributed by atoms with van der Waals surface area (Å²) in [5, 5.41) is 12.5. The molecule has 1 aliphatic carbocycles. The van der Waals surface area contributed by atoms with Crippen molar-refractivity contribution < 1.29 is 24.2 Å².